The van der Waals surface area contributed by atoms with Crippen LogP contribution in [-0.2, 0) is 17.8 Å². The lowest BCUT2D eigenvalue weighted by molar-refractivity contribution is -0.870. The van der Waals surface area contributed by atoms with Crippen molar-refractivity contribution in [3.63, 3.8) is 0 Å². The van der Waals surface area contributed by atoms with Gasteiger partial charge in [0.2, 0.25) is 0 Å². The number of ether oxygens (including phenoxy) is 2. The normalized spacial score (nSPS) is 11.2. The van der Waals surface area contributed by atoms with Crippen molar-refractivity contribution in [2.75, 3.05) is 47.9 Å². The summed E-state index contributed by atoms with van der Waals surface area (Å²) in [6.45, 7) is 2.86. The van der Waals surface area contributed by atoms with Gasteiger partial charge in [0.05, 0.1) is 28.3 Å². The second-order valence-electron chi connectivity index (χ2n) is 8.77. The van der Waals surface area contributed by atoms with Gasteiger partial charge in [-0.2, -0.15) is 13.2 Å². The van der Waals surface area contributed by atoms with Crippen LogP contribution in [0.15, 0.2) is 42.5 Å². The molecule has 2 aromatic carbocycles. The van der Waals surface area contributed by atoms with Crippen LogP contribution in [0.4, 0.5) is 13.2 Å². The van der Waals surface area contributed by atoms with Crippen LogP contribution in [0.1, 0.15) is 11.1 Å². The van der Waals surface area contributed by atoms with E-state index in [1.54, 1.807) is 7.11 Å². The van der Waals surface area contributed by atoms with Crippen molar-refractivity contribution >= 4 is 34.9 Å². The van der Waals surface area contributed by atoms with Gasteiger partial charge in [0.1, 0.15) is 19.1 Å². The van der Waals surface area contributed by atoms with Gasteiger partial charge in [0.25, 0.3) is 0 Å². The summed E-state index contributed by atoms with van der Waals surface area (Å²) < 4.78 is 43.8. The molecule has 0 fully saturated rings. The highest BCUT2D eigenvalue weighted by Crippen LogP contribution is 2.28. The summed E-state index contributed by atoms with van der Waals surface area (Å²) in [5.41, 5.74) is 8.21. The average molecular weight is 550 g/mol. The fourth-order valence-corrected chi connectivity index (χ4v) is 3.04. The summed E-state index contributed by atoms with van der Waals surface area (Å²) in [5.74, 6) is -1.55. The molecule has 2 aromatic rings. The van der Waals surface area contributed by atoms with Crippen molar-refractivity contribution in [1.29, 1.82) is 0 Å². The van der Waals surface area contributed by atoms with E-state index < -0.39 is 12.1 Å². The van der Waals surface area contributed by atoms with Crippen LogP contribution in [0.3, 0.4) is 0 Å². The molecule has 36 heavy (non-hydrogen) atoms. The van der Waals surface area contributed by atoms with Crippen molar-refractivity contribution in [2.45, 2.75) is 19.1 Å². The first kappa shape index (κ1) is 31.3. The number of nitrogens with two attached hydrogens (primary N) is 1. The number of hydrogen-bond acceptors (Lipinski definition) is 5. The number of carbonyl (C=O) groups is 1. The molecule has 0 radical (unpaired) electrons. The minimum atomic E-state index is -5.19. The van der Waals surface area contributed by atoms with Crippen LogP contribution >= 0.6 is 23.8 Å². The smallest absolute Gasteiger partial charge is 0.430 e. The van der Waals surface area contributed by atoms with E-state index >= 15 is 0 Å². The fourth-order valence-electron chi connectivity index (χ4n) is 2.76. The maximum Gasteiger partial charge on any atom is 0.430 e. The highest BCUT2D eigenvalue weighted by molar-refractivity contribution is 7.80. The second kappa shape index (κ2) is 14.1. The highest BCUT2D eigenvalue weighted by atomic mass is 35.5. The van der Waals surface area contributed by atoms with E-state index in [9.17, 15) is 13.2 Å². The lowest BCUT2D eigenvalue weighted by Gasteiger charge is -2.25. The van der Waals surface area contributed by atoms with Crippen LogP contribution in [0.2, 0.25) is 5.02 Å². The van der Waals surface area contributed by atoms with Crippen molar-refractivity contribution in [3.05, 3.63) is 58.6 Å². The number of methoxy groups -OCH3 is 1. The molecule has 0 aliphatic heterocycles. The molecule has 0 aromatic heterocycles. The number of carbonyl (C=O) groups excluding carboxylic acids is 1. The van der Waals surface area contributed by atoms with Gasteiger partial charge in [0.15, 0.2) is 16.6 Å². The molecule has 0 aliphatic rings. The lowest BCUT2D eigenvalue weighted by atomic mass is 10.1. The third-order valence-corrected chi connectivity index (χ3v) is 5.26. The third kappa shape index (κ3) is 12.3. The van der Waals surface area contributed by atoms with Crippen molar-refractivity contribution in [3.8, 4) is 11.5 Å². The van der Waals surface area contributed by atoms with Crippen LogP contribution < -0.4 is 20.3 Å². The van der Waals surface area contributed by atoms with Gasteiger partial charge in [-0.1, -0.05) is 29.8 Å². The van der Waals surface area contributed by atoms with Crippen LogP contribution in [0.5, 0.6) is 11.5 Å². The van der Waals surface area contributed by atoms with Gasteiger partial charge >= 0.3 is 6.18 Å². The zero-order chi connectivity index (χ0) is 27.5. The first-order chi connectivity index (χ1) is 16.6. The Morgan fingerprint density at radius 2 is 1.67 bits per heavy atom. The Morgan fingerprint density at radius 1 is 1.11 bits per heavy atom. The summed E-state index contributed by atoms with van der Waals surface area (Å²) in [6, 6.07) is 13.8. The number of benzene rings is 2. The average Bonchev–Trinajstić information content (AvgIpc) is 2.77. The van der Waals surface area contributed by atoms with Gasteiger partial charge in [-0.15, -0.1) is 0 Å². The predicted molar refractivity (Wildman–Crippen MR) is 135 cm³/mol. The number of thiocarbonyl (C=S) groups is 1. The molecule has 0 amide bonds. The molecule has 0 spiro atoms. The number of hydrogen-bond donors (Lipinski definition) is 1. The zero-order valence-electron chi connectivity index (χ0n) is 20.6. The number of aliphatic carboxylic acids is 1. The van der Waals surface area contributed by atoms with Gasteiger partial charge in [-0.05, 0) is 54.0 Å². The van der Waals surface area contributed by atoms with Gasteiger partial charge < -0.3 is 34.5 Å². The SMILES string of the molecule is COc1cc(CN(CCc2ccc(Cl)cc2)C(N)=S)ccc1OCC[N+](C)(C)C.O=C([O-])C(F)(F)F. The summed E-state index contributed by atoms with van der Waals surface area (Å²) in [7, 11) is 8.06. The van der Waals surface area contributed by atoms with Gasteiger partial charge in [-0.3, -0.25) is 0 Å². The molecule has 0 saturated heterocycles. The Kier molecular flexibility index (Phi) is 12.2. The second-order valence-corrected chi connectivity index (χ2v) is 9.62. The number of nitrogens with zero attached hydrogens (tertiary/aromatic N) is 2. The van der Waals surface area contributed by atoms with Gasteiger partial charge in [-0.25, -0.2) is 0 Å². The van der Waals surface area contributed by atoms with E-state index in [-0.39, 0.29) is 0 Å². The van der Waals surface area contributed by atoms with Crippen molar-refractivity contribution in [2.24, 2.45) is 5.73 Å². The number of carboxylic acid groups (broad SMARTS) is 1. The monoisotopic (exact) mass is 549 g/mol. The molecular weight excluding hydrogens is 519 g/mol. The Hall–Kier alpha value is -2.76. The summed E-state index contributed by atoms with van der Waals surface area (Å²) >= 11 is 11.2. The maximum atomic E-state index is 10.5. The molecule has 0 saturated carbocycles. The van der Waals surface area contributed by atoms with Crippen LogP contribution in [0, 0.1) is 0 Å². The molecule has 12 heteroatoms. The number of rotatable bonds is 10. The number of likely N-dealkylation sites (N-methyl/N-ethyl adjacent to an activating group) is 1. The number of halogens is 4. The van der Waals surface area contributed by atoms with E-state index in [0.717, 1.165) is 40.3 Å². The first-order valence-corrected chi connectivity index (χ1v) is 11.6. The predicted octanol–water partition coefficient (Wildman–Crippen LogP) is 3.02. The molecular formula is C24H31ClF3N3O4S. The van der Waals surface area contributed by atoms with E-state index in [4.69, 9.17) is 48.9 Å². The van der Waals surface area contributed by atoms with Gasteiger partial charge in [0, 0.05) is 18.1 Å². The highest BCUT2D eigenvalue weighted by Gasteiger charge is 2.28. The maximum absolute atomic E-state index is 10.5. The van der Waals surface area contributed by atoms with E-state index in [1.807, 2.05) is 47.4 Å². The minimum absolute atomic E-state index is 0.376. The molecule has 0 atom stereocenters. The minimum Gasteiger partial charge on any atom is -0.542 e. The largest absolute Gasteiger partial charge is 0.542 e. The first-order valence-electron chi connectivity index (χ1n) is 10.8. The number of quaternary nitrogens is 1. The lowest BCUT2D eigenvalue weighted by Crippen LogP contribution is -2.38. The van der Waals surface area contributed by atoms with Crippen molar-refractivity contribution in [1.82, 2.24) is 4.90 Å². The Balaban J connectivity index is 0.000000809. The Morgan fingerprint density at radius 3 is 2.14 bits per heavy atom. The zero-order valence-corrected chi connectivity index (χ0v) is 22.2. The molecule has 0 unspecified atom stereocenters. The topological polar surface area (TPSA) is 87.8 Å². The molecule has 7 nitrogen and oxygen atoms in total. The Labute approximate surface area is 219 Å². The molecule has 2 N–H and O–H groups in total. The van der Waals surface area contributed by atoms with E-state index in [1.165, 1.54) is 5.56 Å². The molecule has 0 heterocycles. The fraction of sp³-hybridized carbons (Fsp3) is 0.417. The van der Waals surface area contributed by atoms with E-state index in [0.29, 0.717) is 24.0 Å². The number of alkyl halides is 3. The summed E-state index contributed by atoms with van der Waals surface area (Å²) in [6.07, 6.45) is -4.36. The standard InChI is InChI=1S/C22H30ClN3O2S.C2HF3O2/c1-26(2,3)13-14-28-20-10-7-18(15-21(20)27-4)16-25(22(24)29)12-11-17-5-8-19(23)9-6-17;3-2(4,5)1(6)7/h5-10,15H,11-14,16H2,1-4H3,(H-,24,29);(H,6,7). The Bertz CT molecular complexity index is 1000. The molecule has 200 valence electrons. The number of carboxylic acids is 1. The molecule has 0 aliphatic carbocycles. The van der Waals surface area contributed by atoms with Crippen molar-refractivity contribution < 1.29 is 37.0 Å². The van der Waals surface area contributed by atoms with E-state index in [2.05, 4.69) is 21.1 Å². The quantitative estimate of drug-likeness (QED) is 0.360. The summed E-state index contributed by atoms with van der Waals surface area (Å²) in [5, 5.41) is 9.89. The van der Waals surface area contributed by atoms with Crippen LogP contribution in [0.25, 0.3) is 0 Å². The van der Waals surface area contributed by atoms with Crippen LogP contribution in [-0.4, -0.2) is 74.6 Å². The molecule has 2 rings (SSSR count). The summed E-state index contributed by atoms with van der Waals surface area (Å²) in [4.78, 5) is 10.8. The molecule has 0 bridgehead atoms. The third-order valence-electron chi connectivity index (χ3n) is 4.75.